The van der Waals surface area contributed by atoms with Gasteiger partial charge in [-0.05, 0) is 17.7 Å². The molecule has 7 nitrogen and oxygen atoms in total. The van der Waals surface area contributed by atoms with E-state index in [2.05, 4.69) is 4.99 Å². The molecule has 1 aliphatic carbocycles. The molecule has 1 aromatic carbocycles. The molecule has 1 aliphatic heterocycles. The third kappa shape index (κ3) is 1.24. The summed E-state index contributed by atoms with van der Waals surface area (Å²) in [6.45, 7) is 0. The van der Waals surface area contributed by atoms with Crippen molar-refractivity contribution in [2.45, 2.75) is 5.92 Å². The second-order valence-electron chi connectivity index (χ2n) is 5.19. The van der Waals surface area contributed by atoms with Crippen molar-refractivity contribution in [3.8, 4) is 23.6 Å². The van der Waals surface area contributed by atoms with Gasteiger partial charge in [-0.25, -0.2) is 0 Å². The number of nitrogens with two attached hydrogens (primary N) is 1. The molecule has 2 aliphatic rings. The number of aliphatic imine (C=N–C) groups is 1. The van der Waals surface area contributed by atoms with Gasteiger partial charge >= 0.3 is 0 Å². The molecule has 0 radical (unpaired) electrons. The highest BCUT2D eigenvalue weighted by atomic mass is 16.5. The number of carbonyl (C=O) groups is 1. The molecule has 0 spiro atoms. The Morgan fingerprint density at radius 3 is 2.32 bits per heavy atom. The lowest BCUT2D eigenvalue weighted by Crippen LogP contribution is -2.25. The molecule has 22 heavy (non-hydrogen) atoms. The summed E-state index contributed by atoms with van der Waals surface area (Å²) in [6.07, 6.45) is 0. The van der Waals surface area contributed by atoms with Crippen LogP contribution in [0.25, 0.3) is 0 Å². The number of ether oxygens (including phenoxy) is 2. The molecule has 3 atom stereocenters. The third-order valence-electron chi connectivity index (χ3n) is 4.46. The number of benzene rings is 1. The van der Waals surface area contributed by atoms with E-state index in [1.807, 2.05) is 12.1 Å². The molecular weight excluding hydrogens is 284 g/mol. The highest BCUT2D eigenvalue weighted by Crippen LogP contribution is 2.77. The summed E-state index contributed by atoms with van der Waals surface area (Å²) in [7, 11) is 2.99. The molecular formula is C15H12N4O3. The van der Waals surface area contributed by atoms with Crippen LogP contribution in [0.5, 0.6) is 11.5 Å². The predicted octanol–water partition coefficient (Wildman–Crippen LogP) is 0.718. The molecule has 3 unspecified atom stereocenters. The van der Waals surface area contributed by atoms with Gasteiger partial charge in [0.2, 0.25) is 0 Å². The number of amidine groups is 1. The molecule has 2 N–H and O–H groups in total. The first-order chi connectivity index (χ1) is 10.5. The maximum absolute atomic E-state index is 12.1. The number of rotatable bonds is 3. The number of nitrogens with zero attached hydrogens (tertiary/aromatic N) is 3. The Bertz CT molecular complexity index is 804. The molecule has 1 amide bonds. The van der Waals surface area contributed by atoms with Crippen LogP contribution in [0.15, 0.2) is 23.2 Å². The van der Waals surface area contributed by atoms with E-state index in [0.717, 1.165) is 0 Å². The fraction of sp³-hybridized carbons (Fsp3) is 0.333. The van der Waals surface area contributed by atoms with E-state index in [9.17, 15) is 15.3 Å². The summed E-state index contributed by atoms with van der Waals surface area (Å²) < 4.78 is 10.4. The second kappa shape index (κ2) is 4.22. The average Bonchev–Trinajstić information content (AvgIpc) is 3.11. The van der Waals surface area contributed by atoms with Crippen LogP contribution in [0.4, 0.5) is 0 Å². The number of methoxy groups -OCH3 is 2. The summed E-state index contributed by atoms with van der Waals surface area (Å²) in [5, 5.41) is 19.0. The van der Waals surface area contributed by atoms with Crippen molar-refractivity contribution >= 4 is 11.7 Å². The molecule has 1 heterocycles. The molecule has 110 valence electrons. The second-order valence-corrected chi connectivity index (χ2v) is 5.19. The minimum absolute atomic E-state index is 0.0960. The van der Waals surface area contributed by atoms with Gasteiger partial charge in [0.25, 0.3) is 5.91 Å². The minimum atomic E-state index is -1.54. The Morgan fingerprint density at radius 1 is 1.18 bits per heavy atom. The zero-order valence-electron chi connectivity index (χ0n) is 12.0. The number of hydrogen-bond donors (Lipinski definition) is 1. The fourth-order valence-corrected chi connectivity index (χ4v) is 3.35. The Hall–Kier alpha value is -3.06. The van der Waals surface area contributed by atoms with Gasteiger partial charge in [-0.15, -0.1) is 0 Å². The number of fused-ring (bicyclic) bond motifs is 1. The van der Waals surface area contributed by atoms with Crippen LogP contribution in [0, 0.1) is 33.5 Å². The molecule has 0 bridgehead atoms. The first-order valence-corrected chi connectivity index (χ1v) is 6.47. The third-order valence-corrected chi connectivity index (χ3v) is 4.46. The van der Waals surface area contributed by atoms with E-state index in [1.54, 1.807) is 18.2 Å². The molecule has 3 rings (SSSR count). The molecule has 1 saturated carbocycles. The summed E-state index contributed by atoms with van der Waals surface area (Å²) >= 11 is 0. The predicted molar refractivity (Wildman–Crippen MR) is 75.0 cm³/mol. The number of hydrogen-bond acceptors (Lipinski definition) is 6. The molecule has 0 aromatic heterocycles. The Balaban J connectivity index is 2.16. The number of amides is 1. The van der Waals surface area contributed by atoms with Gasteiger partial charge in [0.15, 0.2) is 22.3 Å². The molecule has 0 saturated heterocycles. The van der Waals surface area contributed by atoms with Crippen molar-refractivity contribution in [3.63, 3.8) is 0 Å². The maximum atomic E-state index is 12.1. The van der Waals surface area contributed by atoms with Crippen molar-refractivity contribution in [1.82, 2.24) is 0 Å². The monoisotopic (exact) mass is 296 g/mol. The lowest BCUT2D eigenvalue weighted by atomic mass is 9.97. The summed E-state index contributed by atoms with van der Waals surface area (Å²) in [4.78, 5) is 15.7. The summed E-state index contributed by atoms with van der Waals surface area (Å²) in [6, 6.07) is 9.01. The summed E-state index contributed by atoms with van der Waals surface area (Å²) in [5.41, 5.74) is 3.46. The van der Waals surface area contributed by atoms with Crippen LogP contribution >= 0.6 is 0 Å². The first kappa shape index (κ1) is 13.9. The average molecular weight is 296 g/mol. The zero-order chi connectivity index (χ0) is 16.1. The fourth-order valence-electron chi connectivity index (χ4n) is 3.35. The quantitative estimate of drug-likeness (QED) is 0.877. The normalized spacial score (nSPS) is 31.5. The van der Waals surface area contributed by atoms with E-state index in [4.69, 9.17) is 15.2 Å². The lowest BCUT2D eigenvalue weighted by molar-refractivity contribution is -0.120. The van der Waals surface area contributed by atoms with Crippen molar-refractivity contribution in [2.75, 3.05) is 14.2 Å². The first-order valence-electron chi connectivity index (χ1n) is 6.47. The standard InChI is InChI=1S/C15H12N4O3/c1-21-9-4-3-8(5-10(9)22-2)11-14(6-16)12(18)19-13(20)15(11,14)7-17/h3-5,11H,1-2H3,(H2,18,19,20). The highest BCUT2D eigenvalue weighted by molar-refractivity contribution is 6.18. The Kier molecular flexibility index (Phi) is 2.66. The van der Waals surface area contributed by atoms with Crippen molar-refractivity contribution in [1.29, 1.82) is 10.5 Å². The maximum Gasteiger partial charge on any atom is 0.270 e. The zero-order valence-corrected chi connectivity index (χ0v) is 12.0. The Labute approximate surface area is 126 Å². The summed E-state index contributed by atoms with van der Waals surface area (Å²) in [5.74, 6) is -0.439. The van der Waals surface area contributed by atoms with Gasteiger partial charge in [0, 0.05) is 5.92 Å². The van der Waals surface area contributed by atoms with Gasteiger partial charge in [0.05, 0.1) is 26.4 Å². The van der Waals surface area contributed by atoms with Crippen LogP contribution in [0.3, 0.4) is 0 Å². The van der Waals surface area contributed by atoms with Crippen molar-refractivity contribution in [3.05, 3.63) is 23.8 Å². The highest BCUT2D eigenvalue weighted by Gasteiger charge is 2.88. The van der Waals surface area contributed by atoms with Crippen LogP contribution in [-0.4, -0.2) is 26.0 Å². The van der Waals surface area contributed by atoms with Gasteiger partial charge < -0.3 is 15.2 Å². The van der Waals surface area contributed by atoms with Gasteiger partial charge in [-0.3, -0.25) is 4.79 Å². The van der Waals surface area contributed by atoms with Gasteiger partial charge in [-0.2, -0.15) is 15.5 Å². The van der Waals surface area contributed by atoms with Crippen LogP contribution in [-0.2, 0) is 4.79 Å². The van der Waals surface area contributed by atoms with Crippen molar-refractivity contribution in [2.24, 2.45) is 21.6 Å². The molecule has 1 fully saturated rings. The molecule has 1 aromatic rings. The van der Waals surface area contributed by atoms with E-state index in [1.165, 1.54) is 14.2 Å². The van der Waals surface area contributed by atoms with Crippen LogP contribution in [0.1, 0.15) is 11.5 Å². The van der Waals surface area contributed by atoms with E-state index >= 15 is 0 Å². The van der Waals surface area contributed by atoms with E-state index in [0.29, 0.717) is 17.1 Å². The van der Waals surface area contributed by atoms with E-state index < -0.39 is 22.7 Å². The number of carbonyl (C=O) groups excluding carboxylic acids is 1. The SMILES string of the molecule is COc1ccc(C2C3(C#N)C(=O)N=C(N)C23C#N)cc1OC. The van der Waals surface area contributed by atoms with Crippen LogP contribution in [0.2, 0.25) is 0 Å². The topological polar surface area (TPSA) is 121 Å². The molecule has 7 heteroatoms. The van der Waals surface area contributed by atoms with Gasteiger partial charge in [0.1, 0.15) is 5.84 Å². The largest absolute Gasteiger partial charge is 0.493 e. The smallest absolute Gasteiger partial charge is 0.270 e. The van der Waals surface area contributed by atoms with E-state index in [-0.39, 0.29) is 5.84 Å². The minimum Gasteiger partial charge on any atom is -0.493 e. The lowest BCUT2D eigenvalue weighted by Gasteiger charge is -2.11. The van der Waals surface area contributed by atoms with Crippen molar-refractivity contribution < 1.29 is 14.3 Å². The Morgan fingerprint density at radius 2 is 1.82 bits per heavy atom. The van der Waals surface area contributed by atoms with Crippen LogP contribution < -0.4 is 15.2 Å². The number of nitriles is 2. The van der Waals surface area contributed by atoms with Gasteiger partial charge in [-0.1, -0.05) is 6.07 Å².